The number of primary amides is 1. The molecule has 7 rings (SSSR count). The lowest BCUT2D eigenvalue weighted by molar-refractivity contribution is -0.0622. The molecule has 0 spiro atoms. The molecule has 1 amide bonds. The normalized spacial score (nSPS) is 23.7. The van der Waals surface area contributed by atoms with E-state index in [1.54, 1.807) is 0 Å². The van der Waals surface area contributed by atoms with E-state index < -0.39 is 14.2 Å². The Morgan fingerprint density at radius 1 is 0.898 bits per heavy atom. The van der Waals surface area contributed by atoms with Crippen LogP contribution in [0.25, 0.3) is 0 Å². The van der Waals surface area contributed by atoms with Crippen LogP contribution in [0.4, 0.5) is 0 Å². The van der Waals surface area contributed by atoms with E-state index in [4.69, 9.17) is 19.6 Å². The van der Waals surface area contributed by atoms with Crippen molar-refractivity contribution in [1.82, 2.24) is 5.32 Å². The molecule has 4 aliphatic carbocycles. The van der Waals surface area contributed by atoms with Gasteiger partial charge in [0.1, 0.15) is 18.1 Å². The Morgan fingerprint density at radius 3 is 2.16 bits per heavy atom. The van der Waals surface area contributed by atoms with Crippen molar-refractivity contribution >= 4 is 14.2 Å². The molecule has 6 nitrogen and oxygen atoms in total. The quantitative estimate of drug-likeness (QED) is 0.116. The Bertz CT molecular complexity index is 1510. The number of amides is 1. The highest BCUT2D eigenvalue weighted by Crippen LogP contribution is 2.61. The van der Waals surface area contributed by atoms with Crippen LogP contribution in [0.1, 0.15) is 98.9 Å². The van der Waals surface area contributed by atoms with Crippen LogP contribution in [0, 0.1) is 23.2 Å². The Hall–Kier alpha value is -3.13. The summed E-state index contributed by atoms with van der Waals surface area (Å²) in [6, 6.07) is 24.3. The van der Waals surface area contributed by atoms with Crippen molar-refractivity contribution in [3.05, 3.63) is 95.1 Å². The summed E-state index contributed by atoms with van der Waals surface area (Å²) in [5, 5.41) is 3.68. The van der Waals surface area contributed by atoms with Gasteiger partial charge in [0.25, 0.3) is 5.91 Å². The summed E-state index contributed by atoms with van der Waals surface area (Å²) in [5.41, 5.74) is 10.0. The number of carbonyl (C=O) groups is 1. The summed E-state index contributed by atoms with van der Waals surface area (Å²) in [6.07, 6.45) is 10.7. The molecule has 0 saturated heterocycles. The van der Waals surface area contributed by atoms with E-state index in [0.717, 1.165) is 54.2 Å². The van der Waals surface area contributed by atoms with Gasteiger partial charge in [0.15, 0.2) is 8.32 Å². The minimum atomic E-state index is -2.13. The molecule has 4 fully saturated rings. The van der Waals surface area contributed by atoms with Crippen molar-refractivity contribution in [2.75, 3.05) is 19.7 Å². The maximum Gasteiger partial charge on any atom is 0.252 e. The number of nitrogens with two attached hydrogens (primary N) is 1. The van der Waals surface area contributed by atoms with Gasteiger partial charge in [-0.3, -0.25) is 4.79 Å². The molecule has 3 N–H and O–H groups in total. The molecule has 0 heterocycles. The van der Waals surface area contributed by atoms with Gasteiger partial charge in [0.2, 0.25) is 0 Å². The van der Waals surface area contributed by atoms with Crippen LogP contribution in [-0.4, -0.2) is 33.9 Å². The van der Waals surface area contributed by atoms with Crippen molar-refractivity contribution in [1.29, 1.82) is 0 Å². The van der Waals surface area contributed by atoms with Gasteiger partial charge in [0, 0.05) is 6.54 Å². The third-order valence-corrected chi connectivity index (χ3v) is 16.5. The Balaban J connectivity index is 1.03. The van der Waals surface area contributed by atoms with Crippen molar-refractivity contribution in [2.45, 2.75) is 103 Å². The van der Waals surface area contributed by atoms with E-state index in [-0.39, 0.29) is 11.1 Å². The summed E-state index contributed by atoms with van der Waals surface area (Å²) in [7, 11) is -2.13. The number of hydrogen-bond acceptors (Lipinski definition) is 5. The summed E-state index contributed by atoms with van der Waals surface area (Å²) in [5.74, 6) is 3.93. The molecule has 0 unspecified atom stereocenters. The first-order valence-corrected chi connectivity index (χ1v) is 21.5. The van der Waals surface area contributed by atoms with E-state index in [1.165, 1.54) is 50.5 Å². The molecule has 0 aromatic heterocycles. The van der Waals surface area contributed by atoms with Crippen LogP contribution in [-0.2, 0) is 17.5 Å². The second kappa shape index (κ2) is 15.0. The molecule has 4 saturated carbocycles. The predicted octanol–water partition coefficient (Wildman–Crippen LogP) is 9.25. The van der Waals surface area contributed by atoms with Crippen molar-refractivity contribution < 1.29 is 18.7 Å². The smallest absolute Gasteiger partial charge is 0.252 e. The van der Waals surface area contributed by atoms with Crippen molar-refractivity contribution in [3.8, 4) is 11.5 Å². The molecule has 0 aliphatic heterocycles. The number of hydrogen-bond donors (Lipinski definition) is 2. The zero-order valence-corrected chi connectivity index (χ0v) is 31.4. The maximum atomic E-state index is 12.6. The summed E-state index contributed by atoms with van der Waals surface area (Å²) in [4.78, 5) is 12.6. The lowest BCUT2D eigenvalue weighted by atomic mass is 9.49. The van der Waals surface area contributed by atoms with Gasteiger partial charge in [-0.1, -0.05) is 69.3 Å². The van der Waals surface area contributed by atoms with E-state index in [2.05, 4.69) is 63.4 Å². The molecule has 4 bridgehead atoms. The van der Waals surface area contributed by atoms with Crippen LogP contribution >= 0.6 is 0 Å². The minimum absolute atomic E-state index is 0.0373. The van der Waals surface area contributed by atoms with Gasteiger partial charge in [-0.05, 0) is 140 Å². The average molecular weight is 683 g/mol. The molecule has 4 aliphatic rings. The SMILES string of the molecule is CC(C)(C)[Si](C)(C)O[C@@H](CNCCc1ccc(OCCC23CC4CC(CC(C4)C2)C3)cc1)c1ccc(OCc2ccccc2)c(C(N)=O)c1. The van der Waals surface area contributed by atoms with Crippen LogP contribution in [0.5, 0.6) is 11.5 Å². The third-order valence-electron chi connectivity index (χ3n) is 12.0. The Morgan fingerprint density at radius 2 is 1.55 bits per heavy atom. The molecule has 7 heteroatoms. The molecular weight excluding hydrogens is 625 g/mol. The van der Waals surface area contributed by atoms with Crippen LogP contribution < -0.4 is 20.5 Å². The summed E-state index contributed by atoms with van der Waals surface area (Å²) >= 11 is 0. The van der Waals surface area contributed by atoms with Gasteiger partial charge < -0.3 is 25.0 Å². The van der Waals surface area contributed by atoms with Gasteiger partial charge in [0.05, 0.1) is 18.3 Å². The van der Waals surface area contributed by atoms with E-state index >= 15 is 0 Å². The highest BCUT2D eigenvalue weighted by Gasteiger charge is 2.50. The molecule has 3 aromatic rings. The molecule has 0 radical (unpaired) electrons. The minimum Gasteiger partial charge on any atom is -0.494 e. The van der Waals surface area contributed by atoms with Crippen molar-refractivity contribution in [3.63, 3.8) is 0 Å². The fourth-order valence-electron chi connectivity index (χ4n) is 8.76. The van der Waals surface area contributed by atoms with Crippen LogP contribution in [0.15, 0.2) is 72.8 Å². The molecule has 3 aromatic carbocycles. The van der Waals surface area contributed by atoms with E-state index in [0.29, 0.717) is 29.9 Å². The average Bonchev–Trinajstić information content (AvgIpc) is 3.05. The summed E-state index contributed by atoms with van der Waals surface area (Å²) < 4.78 is 19.3. The largest absolute Gasteiger partial charge is 0.494 e. The Labute approximate surface area is 295 Å². The standard InChI is InChI=1S/C42H58N2O4Si/c1-41(2,3)49(4,5)48-39(35-13-16-38(37(24-35)40(43)45)47-29-31-9-7-6-8-10-31)28-44-19-17-30-11-14-36(15-12-30)46-20-18-42-25-32-21-33(26-42)23-34(22-32)27-42/h6-16,24,32-34,39,44H,17-23,25-29H2,1-5H3,(H2,43,45)/t32?,33?,34?,39-,42?/m0/s1. The number of ether oxygens (including phenoxy) is 2. The zero-order valence-electron chi connectivity index (χ0n) is 30.4. The molecular formula is C42H58N2O4Si. The summed E-state index contributed by atoms with van der Waals surface area (Å²) in [6.45, 7) is 13.9. The van der Waals surface area contributed by atoms with E-state index in [1.807, 2.05) is 48.5 Å². The molecule has 264 valence electrons. The number of carbonyl (C=O) groups excluding carboxylic acids is 1. The number of rotatable bonds is 16. The third kappa shape index (κ3) is 8.97. The zero-order chi connectivity index (χ0) is 34.6. The first kappa shape index (κ1) is 35.7. The first-order valence-electron chi connectivity index (χ1n) is 18.6. The Kier molecular flexibility index (Phi) is 10.9. The molecule has 1 atom stereocenters. The highest BCUT2D eigenvalue weighted by molar-refractivity contribution is 6.74. The van der Waals surface area contributed by atoms with Gasteiger partial charge in [-0.2, -0.15) is 0 Å². The lowest BCUT2D eigenvalue weighted by Gasteiger charge is -2.57. The van der Waals surface area contributed by atoms with Crippen LogP contribution in [0.3, 0.4) is 0 Å². The molecule has 49 heavy (non-hydrogen) atoms. The van der Waals surface area contributed by atoms with Gasteiger partial charge in [-0.25, -0.2) is 0 Å². The van der Waals surface area contributed by atoms with Gasteiger partial charge >= 0.3 is 0 Å². The van der Waals surface area contributed by atoms with Crippen LogP contribution in [0.2, 0.25) is 18.1 Å². The second-order valence-electron chi connectivity index (χ2n) is 16.9. The fourth-order valence-corrected chi connectivity index (χ4v) is 10.0. The van der Waals surface area contributed by atoms with E-state index in [9.17, 15) is 4.79 Å². The monoisotopic (exact) mass is 682 g/mol. The topological polar surface area (TPSA) is 82.8 Å². The fraction of sp³-hybridized carbons (Fsp3) is 0.548. The van der Waals surface area contributed by atoms with Crippen molar-refractivity contribution in [2.24, 2.45) is 28.9 Å². The number of benzene rings is 3. The number of nitrogens with one attached hydrogen (secondary N) is 1. The maximum absolute atomic E-state index is 12.6. The highest BCUT2D eigenvalue weighted by atomic mass is 28.4. The first-order chi connectivity index (χ1) is 23.4. The predicted molar refractivity (Wildman–Crippen MR) is 200 cm³/mol. The second-order valence-corrected chi connectivity index (χ2v) is 21.6. The van der Waals surface area contributed by atoms with Gasteiger partial charge in [-0.15, -0.1) is 0 Å². The lowest BCUT2D eigenvalue weighted by Crippen LogP contribution is -2.46.